The quantitative estimate of drug-likeness (QED) is 0.553. The number of hydrogen-bond acceptors (Lipinski definition) is 6. The monoisotopic (exact) mass is 418 g/mol. The van der Waals surface area contributed by atoms with Crippen LogP contribution in [0.1, 0.15) is 11.1 Å². The van der Waals surface area contributed by atoms with Gasteiger partial charge in [0.25, 0.3) is 10.1 Å². The summed E-state index contributed by atoms with van der Waals surface area (Å²) in [6.07, 6.45) is -13.2. The van der Waals surface area contributed by atoms with Gasteiger partial charge in [-0.3, -0.25) is 4.18 Å². The Morgan fingerprint density at radius 1 is 1.30 bits per heavy atom. The Bertz CT molecular complexity index is 847. The van der Waals surface area contributed by atoms with Crippen LogP contribution in [0.5, 0.6) is 0 Å². The molecule has 1 aromatic carbocycles. The molecule has 0 radical (unpaired) electrons. The zero-order valence-corrected chi connectivity index (χ0v) is 14.3. The smallest absolute Gasteiger partial charge is 0.342 e. The van der Waals surface area contributed by atoms with E-state index in [1.165, 1.54) is 6.07 Å². The Balaban J connectivity index is 2.38. The van der Waals surface area contributed by atoms with Crippen LogP contribution < -0.4 is 4.90 Å². The van der Waals surface area contributed by atoms with Crippen LogP contribution in [0, 0.1) is 11.3 Å². The van der Waals surface area contributed by atoms with E-state index >= 15 is 0 Å². The number of halogens is 6. The van der Waals surface area contributed by atoms with E-state index in [4.69, 9.17) is 10.00 Å². The maximum Gasteiger partial charge on any atom is 0.433 e. The van der Waals surface area contributed by atoms with Crippen LogP contribution in [0.3, 0.4) is 0 Å². The summed E-state index contributed by atoms with van der Waals surface area (Å²) >= 11 is 0. The number of rotatable bonds is 4. The van der Waals surface area contributed by atoms with Crippen molar-refractivity contribution in [3.05, 3.63) is 29.3 Å². The number of ether oxygens (including phenoxy) is 1. The molecule has 150 valence electrons. The molecular weight excluding hydrogens is 406 g/mol. The zero-order chi connectivity index (χ0) is 20.6. The standard InChI is InChI=1S/C14H12F6N2O4S/c1-27(23,24)25-7-10-6-22(12(26-10)14(18,19)20)9-3-2-8(5-21)11(4-9)13(15,16)17/h2-4,10,12H,6-7H2,1H3/t10-,12-/m1/s1. The lowest BCUT2D eigenvalue weighted by molar-refractivity contribution is -0.215. The second-order valence-electron chi connectivity index (χ2n) is 5.63. The number of hydrogen-bond donors (Lipinski definition) is 0. The van der Waals surface area contributed by atoms with Crippen molar-refractivity contribution in [3.63, 3.8) is 0 Å². The molecule has 0 aliphatic carbocycles. The van der Waals surface area contributed by atoms with Crippen LogP contribution in [-0.4, -0.2) is 46.3 Å². The first-order valence-corrected chi connectivity index (χ1v) is 8.98. The van der Waals surface area contributed by atoms with Crippen molar-refractivity contribution in [1.29, 1.82) is 5.26 Å². The van der Waals surface area contributed by atoms with Crippen molar-refractivity contribution < 1.29 is 43.7 Å². The highest BCUT2D eigenvalue weighted by Crippen LogP contribution is 2.39. The predicted molar refractivity (Wildman–Crippen MR) is 79.0 cm³/mol. The number of alkyl halides is 6. The molecule has 1 aliphatic heterocycles. The molecule has 0 N–H and O–H groups in total. The fourth-order valence-corrected chi connectivity index (χ4v) is 2.84. The van der Waals surface area contributed by atoms with Gasteiger partial charge in [-0.15, -0.1) is 0 Å². The van der Waals surface area contributed by atoms with Gasteiger partial charge in [-0.25, -0.2) is 0 Å². The summed E-state index contributed by atoms with van der Waals surface area (Å²) in [5.74, 6) is 0. The van der Waals surface area contributed by atoms with E-state index in [0.29, 0.717) is 17.2 Å². The Kier molecular flexibility index (Phi) is 5.65. The average Bonchev–Trinajstić information content (AvgIpc) is 2.95. The first kappa shape index (κ1) is 21.3. The van der Waals surface area contributed by atoms with Crippen LogP contribution in [0.15, 0.2) is 18.2 Å². The highest BCUT2D eigenvalue weighted by atomic mass is 32.2. The molecule has 0 spiro atoms. The van der Waals surface area contributed by atoms with Crippen molar-refractivity contribution in [1.82, 2.24) is 0 Å². The zero-order valence-electron chi connectivity index (χ0n) is 13.5. The Morgan fingerprint density at radius 3 is 2.41 bits per heavy atom. The maximum absolute atomic E-state index is 13.2. The van der Waals surface area contributed by atoms with Crippen molar-refractivity contribution in [2.24, 2.45) is 0 Å². The van der Waals surface area contributed by atoms with Gasteiger partial charge in [0.1, 0.15) is 6.10 Å². The lowest BCUT2D eigenvalue weighted by Crippen LogP contribution is -2.42. The molecule has 1 aliphatic rings. The second kappa shape index (κ2) is 7.17. The van der Waals surface area contributed by atoms with Crippen LogP contribution in [0.4, 0.5) is 32.0 Å². The van der Waals surface area contributed by atoms with E-state index in [0.717, 1.165) is 12.1 Å². The van der Waals surface area contributed by atoms with Crippen molar-refractivity contribution >= 4 is 15.8 Å². The van der Waals surface area contributed by atoms with Gasteiger partial charge in [0, 0.05) is 12.2 Å². The minimum atomic E-state index is -4.97. The Hall–Kier alpha value is -2.04. The summed E-state index contributed by atoms with van der Waals surface area (Å²) in [5.41, 5.74) is -2.61. The second-order valence-corrected chi connectivity index (χ2v) is 7.28. The average molecular weight is 418 g/mol. The van der Waals surface area contributed by atoms with Gasteiger partial charge in [0.15, 0.2) is 0 Å². The van der Waals surface area contributed by atoms with Crippen molar-refractivity contribution in [2.45, 2.75) is 24.7 Å². The first-order chi connectivity index (χ1) is 12.2. The van der Waals surface area contributed by atoms with E-state index in [1.807, 2.05) is 0 Å². The molecule has 2 rings (SSSR count). The van der Waals surface area contributed by atoms with Crippen LogP contribution in [-0.2, 0) is 25.2 Å². The number of benzene rings is 1. The topological polar surface area (TPSA) is 79.6 Å². The molecule has 1 fully saturated rings. The summed E-state index contributed by atoms with van der Waals surface area (Å²) in [5, 5.41) is 8.77. The molecule has 1 heterocycles. The van der Waals surface area contributed by atoms with Gasteiger partial charge in [-0.2, -0.15) is 40.0 Å². The SMILES string of the molecule is CS(=O)(=O)OC[C@H]1CN(c2ccc(C#N)c(C(F)(F)F)c2)[C@@H](C(F)(F)F)O1. The highest BCUT2D eigenvalue weighted by Gasteiger charge is 2.51. The molecule has 0 unspecified atom stereocenters. The molecule has 0 aromatic heterocycles. The minimum Gasteiger partial charge on any atom is -0.342 e. The van der Waals surface area contributed by atoms with E-state index < -0.39 is 64.8 Å². The highest BCUT2D eigenvalue weighted by molar-refractivity contribution is 7.85. The fraction of sp³-hybridized carbons (Fsp3) is 0.500. The summed E-state index contributed by atoms with van der Waals surface area (Å²) in [6, 6.07) is 3.43. The van der Waals surface area contributed by atoms with E-state index in [-0.39, 0.29) is 0 Å². The van der Waals surface area contributed by atoms with Gasteiger partial charge in [0.05, 0.1) is 30.1 Å². The van der Waals surface area contributed by atoms with Crippen LogP contribution in [0.2, 0.25) is 0 Å². The van der Waals surface area contributed by atoms with Gasteiger partial charge < -0.3 is 9.64 Å². The van der Waals surface area contributed by atoms with Crippen molar-refractivity contribution in [2.75, 3.05) is 24.3 Å². The summed E-state index contributed by atoms with van der Waals surface area (Å²) in [7, 11) is -3.95. The maximum atomic E-state index is 13.2. The Labute approximate surface area is 150 Å². The molecule has 6 nitrogen and oxygen atoms in total. The largest absolute Gasteiger partial charge is 0.433 e. The van der Waals surface area contributed by atoms with E-state index in [1.54, 1.807) is 0 Å². The normalized spacial score (nSPS) is 21.3. The fourth-order valence-electron chi connectivity index (χ4n) is 2.44. The third kappa shape index (κ3) is 5.24. The molecule has 0 saturated carbocycles. The van der Waals surface area contributed by atoms with Crippen LogP contribution in [0.25, 0.3) is 0 Å². The predicted octanol–water partition coefficient (Wildman–Crippen LogP) is 2.65. The Morgan fingerprint density at radius 2 is 1.93 bits per heavy atom. The summed E-state index contributed by atoms with van der Waals surface area (Å²) in [6.45, 7) is -1.30. The molecule has 2 atom stereocenters. The van der Waals surface area contributed by atoms with Crippen molar-refractivity contribution in [3.8, 4) is 6.07 Å². The third-order valence-electron chi connectivity index (χ3n) is 3.51. The molecule has 0 amide bonds. The minimum absolute atomic E-state index is 0.417. The van der Waals surface area contributed by atoms with Gasteiger partial charge in [-0.1, -0.05) is 0 Å². The van der Waals surface area contributed by atoms with E-state index in [9.17, 15) is 34.8 Å². The van der Waals surface area contributed by atoms with E-state index in [2.05, 4.69) is 4.18 Å². The molecule has 1 aromatic rings. The van der Waals surface area contributed by atoms with Gasteiger partial charge >= 0.3 is 12.4 Å². The molecule has 0 bridgehead atoms. The number of nitriles is 1. The molecule has 27 heavy (non-hydrogen) atoms. The third-order valence-corrected chi connectivity index (χ3v) is 4.08. The van der Waals surface area contributed by atoms with Gasteiger partial charge in [0.2, 0.25) is 6.23 Å². The lowest BCUT2D eigenvalue weighted by Gasteiger charge is -2.27. The summed E-state index contributed by atoms with van der Waals surface area (Å²) in [4.78, 5) is 0.507. The number of nitrogens with zero attached hydrogens (tertiary/aromatic N) is 2. The lowest BCUT2D eigenvalue weighted by atomic mass is 10.1. The number of anilines is 1. The van der Waals surface area contributed by atoms with Gasteiger partial charge in [-0.05, 0) is 18.2 Å². The summed E-state index contributed by atoms with van der Waals surface area (Å²) < 4.78 is 110. The molecule has 13 heteroatoms. The molecule has 1 saturated heterocycles. The first-order valence-electron chi connectivity index (χ1n) is 7.17. The van der Waals surface area contributed by atoms with Crippen LogP contribution >= 0.6 is 0 Å². The molecular formula is C14H12F6N2O4S.